The summed E-state index contributed by atoms with van der Waals surface area (Å²) in [4.78, 5) is 0. The molecule has 1 spiro atoms. The van der Waals surface area contributed by atoms with Crippen molar-refractivity contribution in [3.8, 4) is 0 Å². The minimum absolute atomic E-state index is 0.234. The molecule has 0 amide bonds. The SMILES string of the molecule is CCCCC/C=C\C/C=C\CCCCCCCCC1(CCCCCCCC/C=C\C/C=C\CCCCC)CC2(C1)O[C@H]1C[C@@H](CCCOP(C)(=O)OCCN)C[C@H]1O2. The molecule has 0 bridgehead atoms. The molecule has 0 radical (unpaired) electrons. The Kier molecular flexibility index (Phi) is 28.1. The van der Waals surface area contributed by atoms with Crippen molar-refractivity contribution in [2.24, 2.45) is 17.1 Å². The van der Waals surface area contributed by atoms with Crippen molar-refractivity contribution < 1.29 is 23.1 Å². The minimum atomic E-state index is -3.00. The Bertz CT molecular complexity index is 1110. The Morgan fingerprint density at radius 1 is 0.569 bits per heavy atom. The van der Waals surface area contributed by atoms with E-state index in [4.69, 9.17) is 24.3 Å². The average molecular weight is 830 g/mol. The summed E-state index contributed by atoms with van der Waals surface area (Å²) in [6.07, 6.45) is 59.7. The van der Waals surface area contributed by atoms with Crippen molar-refractivity contribution in [2.45, 2.75) is 237 Å². The quantitative estimate of drug-likeness (QED) is 0.0379. The van der Waals surface area contributed by atoms with Crippen molar-refractivity contribution in [1.29, 1.82) is 0 Å². The monoisotopic (exact) mass is 830 g/mol. The van der Waals surface area contributed by atoms with Crippen LogP contribution in [0.4, 0.5) is 0 Å². The lowest BCUT2D eigenvalue weighted by molar-refractivity contribution is -0.281. The molecule has 2 aliphatic carbocycles. The highest BCUT2D eigenvalue weighted by molar-refractivity contribution is 7.52. The summed E-state index contributed by atoms with van der Waals surface area (Å²) in [7, 11) is -3.00. The maximum atomic E-state index is 12.4. The fraction of sp³-hybridized carbons (Fsp3) is 0.843. The van der Waals surface area contributed by atoms with E-state index in [2.05, 4.69) is 62.5 Å². The van der Waals surface area contributed by atoms with Crippen molar-refractivity contribution in [3.05, 3.63) is 48.6 Å². The molecule has 2 saturated carbocycles. The maximum absolute atomic E-state index is 12.4. The van der Waals surface area contributed by atoms with Crippen LogP contribution in [0.2, 0.25) is 0 Å². The van der Waals surface area contributed by atoms with Crippen molar-refractivity contribution in [2.75, 3.05) is 26.4 Å². The van der Waals surface area contributed by atoms with Crippen LogP contribution in [0.5, 0.6) is 0 Å². The van der Waals surface area contributed by atoms with Crippen LogP contribution in [0.1, 0.15) is 219 Å². The van der Waals surface area contributed by atoms with Crippen LogP contribution in [-0.2, 0) is 23.1 Å². The smallest absolute Gasteiger partial charge is 0.327 e. The van der Waals surface area contributed by atoms with Gasteiger partial charge in [-0.15, -0.1) is 0 Å². The molecule has 4 atom stereocenters. The fourth-order valence-corrected chi connectivity index (χ4v) is 10.7. The third-order valence-electron chi connectivity index (χ3n) is 12.9. The highest BCUT2D eigenvalue weighted by atomic mass is 31.2. The third kappa shape index (κ3) is 22.7. The second-order valence-corrected chi connectivity index (χ2v) is 20.5. The molecule has 2 N–H and O–H groups in total. The number of ether oxygens (including phenoxy) is 2. The molecular weight excluding hydrogens is 738 g/mol. The Balaban J connectivity index is 1.31. The number of nitrogens with two attached hydrogens (primary N) is 1. The molecule has 3 fully saturated rings. The normalized spacial score (nSPS) is 22.3. The zero-order valence-corrected chi connectivity index (χ0v) is 39.1. The molecule has 1 aliphatic heterocycles. The predicted molar refractivity (Wildman–Crippen MR) is 249 cm³/mol. The van der Waals surface area contributed by atoms with E-state index in [9.17, 15) is 4.57 Å². The molecule has 0 aromatic heterocycles. The van der Waals surface area contributed by atoms with Gasteiger partial charge in [0.1, 0.15) is 0 Å². The molecule has 7 heteroatoms. The number of unbranched alkanes of at least 4 members (excludes halogenated alkanes) is 18. The van der Waals surface area contributed by atoms with Crippen LogP contribution in [0.25, 0.3) is 0 Å². The summed E-state index contributed by atoms with van der Waals surface area (Å²) in [6, 6.07) is 0. The first kappa shape index (κ1) is 51.3. The van der Waals surface area contributed by atoms with Gasteiger partial charge in [0.15, 0.2) is 5.79 Å². The number of allylic oxidation sites excluding steroid dienone is 8. The summed E-state index contributed by atoms with van der Waals surface area (Å²) < 4.78 is 36.8. The number of hydrogen-bond donors (Lipinski definition) is 1. The van der Waals surface area contributed by atoms with Gasteiger partial charge in [0, 0.05) is 26.1 Å². The second-order valence-electron chi connectivity index (χ2n) is 18.5. The fourth-order valence-electron chi connectivity index (χ4n) is 9.69. The van der Waals surface area contributed by atoms with E-state index in [0.29, 0.717) is 24.5 Å². The van der Waals surface area contributed by atoms with Gasteiger partial charge in [-0.2, -0.15) is 0 Å². The highest BCUT2D eigenvalue weighted by Crippen LogP contribution is 2.61. The Hall–Kier alpha value is -1.01. The number of fused-ring (bicyclic) bond motifs is 1. The van der Waals surface area contributed by atoms with Crippen LogP contribution in [0.3, 0.4) is 0 Å². The number of hydrogen-bond acceptors (Lipinski definition) is 6. The Labute approximate surface area is 358 Å². The predicted octanol–water partition coefficient (Wildman–Crippen LogP) is 15.7. The topological polar surface area (TPSA) is 80.0 Å². The maximum Gasteiger partial charge on any atom is 0.327 e. The largest absolute Gasteiger partial charge is 0.344 e. The molecule has 3 rings (SSSR count). The summed E-state index contributed by atoms with van der Waals surface area (Å²) in [5.74, 6) is 0.258. The number of rotatable bonds is 38. The van der Waals surface area contributed by atoms with E-state index < -0.39 is 7.60 Å². The van der Waals surface area contributed by atoms with Gasteiger partial charge in [0.05, 0.1) is 25.4 Å². The molecule has 1 saturated heterocycles. The van der Waals surface area contributed by atoms with E-state index >= 15 is 0 Å². The van der Waals surface area contributed by atoms with Gasteiger partial charge in [-0.3, -0.25) is 4.57 Å². The second kappa shape index (κ2) is 31.8. The van der Waals surface area contributed by atoms with Gasteiger partial charge >= 0.3 is 7.60 Å². The molecule has 3 aliphatic rings. The molecular formula is C51H92NO5P. The van der Waals surface area contributed by atoms with Gasteiger partial charge in [0.2, 0.25) is 0 Å². The first-order valence-corrected chi connectivity index (χ1v) is 26.9. The Morgan fingerprint density at radius 3 is 1.43 bits per heavy atom. The molecule has 0 aromatic carbocycles. The molecule has 0 aromatic rings. The van der Waals surface area contributed by atoms with Gasteiger partial charge in [0.25, 0.3) is 0 Å². The minimum Gasteiger partial charge on any atom is -0.344 e. The molecule has 1 unspecified atom stereocenters. The van der Waals surface area contributed by atoms with E-state index in [-0.39, 0.29) is 24.6 Å². The van der Waals surface area contributed by atoms with Crippen LogP contribution in [-0.4, -0.2) is 44.4 Å². The Morgan fingerprint density at radius 2 is 0.983 bits per heavy atom. The van der Waals surface area contributed by atoms with Gasteiger partial charge < -0.3 is 24.3 Å². The zero-order chi connectivity index (χ0) is 41.5. The van der Waals surface area contributed by atoms with E-state index in [1.165, 1.54) is 161 Å². The molecule has 6 nitrogen and oxygen atoms in total. The first-order valence-electron chi connectivity index (χ1n) is 24.9. The average Bonchev–Trinajstić information content (AvgIpc) is 3.74. The molecule has 1 heterocycles. The van der Waals surface area contributed by atoms with E-state index in [1.807, 2.05) is 0 Å². The summed E-state index contributed by atoms with van der Waals surface area (Å²) in [6.45, 7) is 7.15. The highest BCUT2D eigenvalue weighted by Gasteiger charge is 2.62. The van der Waals surface area contributed by atoms with Crippen molar-refractivity contribution >= 4 is 7.60 Å². The van der Waals surface area contributed by atoms with Crippen LogP contribution < -0.4 is 5.73 Å². The first-order chi connectivity index (χ1) is 28.3. The van der Waals surface area contributed by atoms with E-state index in [1.54, 1.807) is 0 Å². The van der Waals surface area contributed by atoms with Gasteiger partial charge in [-0.25, -0.2) is 0 Å². The lowest BCUT2D eigenvalue weighted by Gasteiger charge is -2.54. The molecule has 58 heavy (non-hydrogen) atoms. The summed E-state index contributed by atoms with van der Waals surface area (Å²) >= 11 is 0. The summed E-state index contributed by atoms with van der Waals surface area (Å²) in [5.41, 5.74) is 5.88. The van der Waals surface area contributed by atoms with Gasteiger partial charge in [-0.1, -0.05) is 152 Å². The summed E-state index contributed by atoms with van der Waals surface area (Å²) in [5, 5.41) is 0. The van der Waals surface area contributed by atoms with Crippen molar-refractivity contribution in [3.63, 3.8) is 0 Å². The van der Waals surface area contributed by atoms with Crippen LogP contribution in [0, 0.1) is 11.3 Å². The standard InChI is InChI=1S/C51H92NO5P/c1-4-6-8-10-12-14-16-18-20-22-24-26-28-30-32-34-38-50(39-35-33-31-29-27-25-23-21-19-17-15-13-11-9-7-5-2)45-51(46-50)56-48-43-47(44-49(48)57-51)37-36-41-54-58(3,53)55-42-40-52/h12-15,18-21,47-49H,4-11,16-17,22-46,52H2,1-3H3/b14-12-,15-13-,20-18-,21-19-/t47-,48+,49-,58?. The lowest BCUT2D eigenvalue weighted by Crippen LogP contribution is -2.53. The molecule has 336 valence electrons. The van der Waals surface area contributed by atoms with Gasteiger partial charge in [-0.05, 0) is 114 Å². The lowest BCUT2D eigenvalue weighted by atomic mass is 9.59. The zero-order valence-electron chi connectivity index (χ0n) is 38.2. The van der Waals surface area contributed by atoms with E-state index in [0.717, 1.165) is 51.4 Å². The third-order valence-corrected chi connectivity index (χ3v) is 14.2. The van der Waals surface area contributed by atoms with Crippen molar-refractivity contribution in [1.82, 2.24) is 0 Å². The van der Waals surface area contributed by atoms with Crippen LogP contribution in [0.15, 0.2) is 48.6 Å². The van der Waals surface area contributed by atoms with Crippen LogP contribution >= 0.6 is 7.60 Å².